The second-order valence-corrected chi connectivity index (χ2v) is 5.27. The van der Waals surface area contributed by atoms with Gasteiger partial charge in [0.15, 0.2) is 0 Å². The summed E-state index contributed by atoms with van der Waals surface area (Å²) in [6.45, 7) is 1.50. The fraction of sp³-hybridized carbons (Fsp3) is 0.417. The second kappa shape index (κ2) is 4.05. The first-order valence-electron chi connectivity index (χ1n) is 5.28. The van der Waals surface area contributed by atoms with Crippen LogP contribution in [0, 0.1) is 18.6 Å². The zero-order chi connectivity index (χ0) is 12.8. The van der Waals surface area contributed by atoms with Crippen LogP contribution < -0.4 is 0 Å². The van der Waals surface area contributed by atoms with Crippen LogP contribution in [-0.4, -0.2) is 11.1 Å². The standard InChI is InChI=1S/C12H11BrF2O2/c1-6-5-7(13)10(15)8(9(6)14)12(11(16)17)3-2-4-12/h5H,2-4H2,1H3,(H,16,17). The summed E-state index contributed by atoms with van der Waals surface area (Å²) >= 11 is 2.99. The highest BCUT2D eigenvalue weighted by atomic mass is 79.9. The Hall–Kier alpha value is -0.970. The van der Waals surface area contributed by atoms with E-state index >= 15 is 0 Å². The van der Waals surface area contributed by atoms with Crippen LogP contribution in [0.5, 0.6) is 0 Å². The summed E-state index contributed by atoms with van der Waals surface area (Å²) in [5, 5.41) is 9.22. The molecule has 0 radical (unpaired) electrons. The van der Waals surface area contributed by atoms with Gasteiger partial charge >= 0.3 is 5.97 Å². The van der Waals surface area contributed by atoms with E-state index in [0.29, 0.717) is 6.42 Å². The SMILES string of the molecule is Cc1cc(Br)c(F)c(C2(C(=O)O)CCC2)c1F. The van der Waals surface area contributed by atoms with E-state index < -0.39 is 23.0 Å². The molecule has 1 aromatic carbocycles. The quantitative estimate of drug-likeness (QED) is 0.849. The van der Waals surface area contributed by atoms with Gasteiger partial charge in [-0.3, -0.25) is 4.79 Å². The van der Waals surface area contributed by atoms with E-state index in [1.54, 1.807) is 0 Å². The molecule has 92 valence electrons. The lowest BCUT2D eigenvalue weighted by molar-refractivity contribution is -0.147. The normalized spacial score (nSPS) is 17.6. The fourth-order valence-corrected chi connectivity index (χ4v) is 2.79. The number of carboxylic acids is 1. The molecule has 0 aromatic heterocycles. The summed E-state index contributed by atoms with van der Waals surface area (Å²) in [6.07, 6.45) is 1.24. The van der Waals surface area contributed by atoms with Gasteiger partial charge in [0.1, 0.15) is 11.6 Å². The molecule has 5 heteroatoms. The van der Waals surface area contributed by atoms with Crippen molar-refractivity contribution in [3.8, 4) is 0 Å². The van der Waals surface area contributed by atoms with Crippen LogP contribution in [0.4, 0.5) is 8.78 Å². The summed E-state index contributed by atoms with van der Waals surface area (Å²) in [4.78, 5) is 11.3. The molecule has 0 amide bonds. The molecular formula is C12H11BrF2O2. The maximum Gasteiger partial charge on any atom is 0.314 e. The number of aliphatic carboxylic acids is 1. The van der Waals surface area contributed by atoms with Crippen LogP contribution in [-0.2, 0) is 10.2 Å². The first kappa shape index (κ1) is 12.5. The van der Waals surface area contributed by atoms with Gasteiger partial charge in [0.25, 0.3) is 0 Å². The maximum absolute atomic E-state index is 14.0. The van der Waals surface area contributed by atoms with Crippen molar-refractivity contribution in [2.24, 2.45) is 0 Å². The highest BCUT2D eigenvalue weighted by Gasteiger charge is 2.50. The van der Waals surface area contributed by atoms with E-state index in [0.717, 1.165) is 0 Å². The van der Waals surface area contributed by atoms with Crippen molar-refractivity contribution in [2.75, 3.05) is 0 Å². The lowest BCUT2D eigenvalue weighted by Gasteiger charge is -2.38. The van der Waals surface area contributed by atoms with Gasteiger partial charge in [-0.05, 0) is 47.3 Å². The predicted molar refractivity (Wildman–Crippen MR) is 62.0 cm³/mol. The van der Waals surface area contributed by atoms with Crippen molar-refractivity contribution in [1.29, 1.82) is 0 Å². The van der Waals surface area contributed by atoms with Crippen LogP contribution >= 0.6 is 15.9 Å². The van der Waals surface area contributed by atoms with Crippen molar-refractivity contribution in [3.05, 3.63) is 33.3 Å². The Kier molecular flexibility index (Phi) is 2.97. The Morgan fingerprint density at radius 3 is 2.41 bits per heavy atom. The van der Waals surface area contributed by atoms with Crippen LogP contribution in [0.2, 0.25) is 0 Å². The van der Waals surface area contributed by atoms with Gasteiger partial charge in [0, 0.05) is 5.56 Å². The van der Waals surface area contributed by atoms with E-state index in [1.165, 1.54) is 13.0 Å². The van der Waals surface area contributed by atoms with Crippen LogP contribution in [0.1, 0.15) is 30.4 Å². The van der Waals surface area contributed by atoms with E-state index in [2.05, 4.69) is 15.9 Å². The molecular weight excluding hydrogens is 294 g/mol. The molecule has 0 atom stereocenters. The monoisotopic (exact) mass is 304 g/mol. The molecule has 0 aliphatic heterocycles. The highest BCUT2D eigenvalue weighted by Crippen LogP contribution is 2.47. The second-order valence-electron chi connectivity index (χ2n) is 4.42. The number of benzene rings is 1. The third kappa shape index (κ3) is 1.68. The minimum Gasteiger partial charge on any atom is -0.481 e. The number of carboxylic acid groups (broad SMARTS) is 1. The molecule has 1 aromatic rings. The predicted octanol–water partition coefficient (Wildman–Crippen LogP) is 3.54. The molecule has 1 fully saturated rings. The minimum atomic E-state index is -1.39. The molecule has 1 saturated carbocycles. The average molecular weight is 305 g/mol. The number of carbonyl (C=O) groups is 1. The average Bonchev–Trinajstić information content (AvgIpc) is 2.18. The van der Waals surface area contributed by atoms with Crippen molar-refractivity contribution in [1.82, 2.24) is 0 Å². The largest absolute Gasteiger partial charge is 0.481 e. The molecule has 0 heterocycles. The van der Waals surface area contributed by atoms with Gasteiger partial charge in [-0.15, -0.1) is 0 Å². The van der Waals surface area contributed by atoms with E-state index in [4.69, 9.17) is 0 Å². The molecule has 1 aliphatic rings. The lowest BCUT2D eigenvalue weighted by Crippen LogP contribution is -2.44. The van der Waals surface area contributed by atoms with Gasteiger partial charge in [0.2, 0.25) is 0 Å². The molecule has 0 spiro atoms. The van der Waals surface area contributed by atoms with Crippen LogP contribution in [0.3, 0.4) is 0 Å². The third-order valence-electron chi connectivity index (χ3n) is 3.43. The molecule has 17 heavy (non-hydrogen) atoms. The molecule has 1 N–H and O–H groups in total. The third-order valence-corrected chi connectivity index (χ3v) is 4.01. The van der Waals surface area contributed by atoms with Gasteiger partial charge in [0.05, 0.1) is 9.89 Å². The molecule has 2 rings (SSSR count). The summed E-state index contributed by atoms with van der Waals surface area (Å²) in [6, 6.07) is 1.32. The number of halogens is 3. The van der Waals surface area contributed by atoms with Crippen molar-refractivity contribution in [2.45, 2.75) is 31.6 Å². The Labute approximate surface area is 106 Å². The van der Waals surface area contributed by atoms with E-state index in [9.17, 15) is 18.7 Å². The highest BCUT2D eigenvalue weighted by molar-refractivity contribution is 9.10. The number of aryl methyl sites for hydroxylation is 1. The minimum absolute atomic E-state index is 0.110. The first-order valence-corrected chi connectivity index (χ1v) is 6.07. The Balaban J connectivity index is 2.70. The summed E-state index contributed by atoms with van der Waals surface area (Å²) in [5.74, 6) is -2.69. The molecule has 0 unspecified atom stereocenters. The number of rotatable bonds is 2. The zero-order valence-corrected chi connectivity index (χ0v) is 10.8. The Morgan fingerprint density at radius 1 is 1.41 bits per heavy atom. The lowest BCUT2D eigenvalue weighted by atomic mass is 9.64. The van der Waals surface area contributed by atoms with E-state index in [-0.39, 0.29) is 28.4 Å². The molecule has 0 bridgehead atoms. The van der Waals surface area contributed by atoms with E-state index in [1.807, 2.05) is 0 Å². The van der Waals surface area contributed by atoms with Crippen molar-refractivity contribution in [3.63, 3.8) is 0 Å². The van der Waals surface area contributed by atoms with Crippen LogP contribution in [0.25, 0.3) is 0 Å². The van der Waals surface area contributed by atoms with Gasteiger partial charge < -0.3 is 5.11 Å². The van der Waals surface area contributed by atoms with Gasteiger partial charge in [-0.25, -0.2) is 8.78 Å². The molecule has 2 nitrogen and oxygen atoms in total. The van der Waals surface area contributed by atoms with Gasteiger partial charge in [-0.1, -0.05) is 6.42 Å². The zero-order valence-electron chi connectivity index (χ0n) is 9.19. The fourth-order valence-electron chi connectivity index (χ4n) is 2.25. The smallest absolute Gasteiger partial charge is 0.314 e. The van der Waals surface area contributed by atoms with Gasteiger partial charge in [-0.2, -0.15) is 0 Å². The Bertz CT molecular complexity index is 470. The molecule has 0 saturated heterocycles. The Morgan fingerprint density at radius 2 is 2.00 bits per heavy atom. The van der Waals surface area contributed by atoms with Crippen LogP contribution in [0.15, 0.2) is 10.5 Å². The first-order chi connectivity index (χ1) is 7.90. The maximum atomic E-state index is 14.0. The van der Waals surface area contributed by atoms with Crippen molar-refractivity contribution < 1.29 is 18.7 Å². The summed E-state index contributed by atoms with van der Waals surface area (Å²) < 4.78 is 28.1. The number of hydrogen-bond acceptors (Lipinski definition) is 1. The number of hydrogen-bond donors (Lipinski definition) is 1. The topological polar surface area (TPSA) is 37.3 Å². The summed E-state index contributed by atoms with van der Waals surface area (Å²) in [7, 11) is 0. The van der Waals surface area contributed by atoms with Crippen molar-refractivity contribution >= 4 is 21.9 Å². The summed E-state index contributed by atoms with van der Waals surface area (Å²) in [5.41, 5.74) is -1.44. The molecule has 1 aliphatic carbocycles.